The Kier molecular flexibility index (Phi) is 3.42. The summed E-state index contributed by atoms with van der Waals surface area (Å²) in [5.74, 6) is 0.506. The van der Waals surface area contributed by atoms with Gasteiger partial charge in [-0.1, -0.05) is 15.9 Å². The number of nitrogens with two attached hydrogens (primary N) is 1. The number of nitrogens with zero attached hydrogens (tertiary/aromatic N) is 2. The van der Waals surface area contributed by atoms with Gasteiger partial charge in [0, 0.05) is 16.7 Å². The number of ether oxygens (including phenoxy) is 1. The molecule has 0 saturated carbocycles. The van der Waals surface area contributed by atoms with E-state index in [2.05, 4.69) is 20.9 Å². The summed E-state index contributed by atoms with van der Waals surface area (Å²) in [5, 5.41) is 10.7. The minimum absolute atomic E-state index is 0.0751. The van der Waals surface area contributed by atoms with Crippen LogP contribution < -0.4 is 10.5 Å². The van der Waals surface area contributed by atoms with Gasteiger partial charge in [0.15, 0.2) is 0 Å². The Labute approximate surface area is 111 Å². The molecule has 0 aliphatic carbocycles. The molecular formula is C11H8BrN3O3. The number of hydrogen-bond acceptors (Lipinski definition) is 5. The van der Waals surface area contributed by atoms with E-state index >= 15 is 0 Å². The summed E-state index contributed by atoms with van der Waals surface area (Å²) >= 11 is 3.18. The molecule has 0 fully saturated rings. The number of rotatable bonds is 3. The molecule has 0 spiro atoms. The van der Waals surface area contributed by atoms with Gasteiger partial charge in [-0.3, -0.25) is 10.1 Å². The van der Waals surface area contributed by atoms with Crippen molar-refractivity contribution in [1.82, 2.24) is 4.98 Å². The Balaban J connectivity index is 2.35. The number of hydrogen-bond donors (Lipinski definition) is 1. The Hall–Kier alpha value is -2.15. The molecule has 1 heterocycles. The first-order valence-electron chi connectivity index (χ1n) is 4.89. The minimum atomic E-state index is -0.501. The van der Waals surface area contributed by atoms with Crippen molar-refractivity contribution in [3.8, 4) is 11.6 Å². The molecule has 0 aliphatic rings. The minimum Gasteiger partial charge on any atom is -0.437 e. The first-order chi connectivity index (χ1) is 8.56. The van der Waals surface area contributed by atoms with Crippen LogP contribution in [0.5, 0.6) is 11.6 Å². The van der Waals surface area contributed by atoms with Crippen LogP contribution in [0, 0.1) is 10.1 Å². The van der Waals surface area contributed by atoms with E-state index in [9.17, 15) is 10.1 Å². The average molecular weight is 310 g/mol. The Morgan fingerprint density at radius 1 is 1.39 bits per heavy atom. The first-order valence-corrected chi connectivity index (χ1v) is 5.69. The zero-order chi connectivity index (χ0) is 13.1. The molecule has 18 heavy (non-hydrogen) atoms. The van der Waals surface area contributed by atoms with Crippen LogP contribution in [0.2, 0.25) is 0 Å². The maximum atomic E-state index is 10.7. The van der Waals surface area contributed by atoms with Crippen molar-refractivity contribution in [2.75, 3.05) is 5.73 Å². The Bertz CT molecular complexity index is 604. The van der Waals surface area contributed by atoms with Gasteiger partial charge in [0.25, 0.3) is 5.69 Å². The van der Waals surface area contributed by atoms with Crippen LogP contribution in [-0.4, -0.2) is 9.91 Å². The van der Waals surface area contributed by atoms with Crippen molar-refractivity contribution in [2.45, 2.75) is 0 Å². The van der Waals surface area contributed by atoms with E-state index in [1.54, 1.807) is 18.2 Å². The lowest BCUT2D eigenvalue weighted by Crippen LogP contribution is -1.95. The molecule has 1 aromatic carbocycles. The number of anilines is 1. The summed E-state index contributed by atoms with van der Waals surface area (Å²) < 4.78 is 5.95. The summed E-state index contributed by atoms with van der Waals surface area (Å²) in [5.41, 5.74) is 5.96. The largest absolute Gasteiger partial charge is 0.437 e. The molecule has 0 aliphatic heterocycles. The third-order valence-electron chi connectivity index (χ3n) is 2.08. The van der Waals surface area contributed by atoms with Gasteiger partial charge in [-0.2, -0.15) is 0 Å². The lowest BCUT2D eigenvalue weighted by Gasteiger charge is -2.07. The number of non-ortho nitro benzene ring substituents is 1. The van der Waals surface area contributed by atoms with E-state index in [4.69, 9.17) is 10.5 Å². The van der Waals surface area contributed by atoms with E-state index in [1.165, 1.54) is 18.3 Å². The van der Waals surface area contributed by atoms with Gasteiger partial charge < -0.3 is 10.5 Å². The highest BCUT2D eigenvalue weighted by Crippen LogP contribution is 2.30. The van der Waals surface area contributed by atoms with Crippen molar-refractivity contribution in [2.24, 2.45) is 0 Å². The van der Waals surface area contributed by atoms with E-state index in [0.29, 0.717) is 15.9 Å². The van der Waals surface area contributed by atoms with Crippen LogP contribution >= 0.6 is 15.9 Å². The molecule has 6 nitrogen and oxygen atoms in total. The fraction of sp³-hybridized carbons (Fsp3) is 0. The summed E-state index contributed by atoms with van der Waals surface area (Å²) in [6.45, 7) is 0. The quantitative estimate of drug-likeness (QED) is 0.694. The number of benzene rings is 1. The molecule has 0 saturated heterocycles. The SMILES string of the molecule is Nc1cccnc1Oc1cc(Br)cc([N+](=O)[O-])c1. The highest BCUT2D eigenvalue weighted by atomic mass is 79.9. The van der Waals surface area contributed by atoms with Gasteiger partial charge in [0.2, 0.25) is 5.88 Å². The van der Waals surface area contributed by atoms with Gasteiger partial charge in [-0.15, -0.1) is 0 Å². The van der Waals surface area contributed by atoms with Crippen molar-refractivity contribution >= 4 is 27.3 Å². The normalized spacial score (nSPS) is 10.1. The maximum absolute atomic E-state index is 10.7. The Morgan fingerprint density at radius 3 is 2.83 bits per heavy atom. The molecule has 2 N–H and O–H groups in total. The van der Waals surface area contributed by atoms with Crippen LogP contribution in [-0.2, 0) is 0 Å². The van der Waals surface area contributed by atoms with E-state index in [-0.39, 0.29) is 11.6 Å². The second kappa shape index (κ2) is 5.01. The number of pyridine rings is 1. The van der Waals surface area contributed by atoms with Crippen LogP contribution in [0.3, 0.4) is 0 Å². The smallest absolute Gasteiger partial charge is 0.274 e. The number of aromatic nitrogens is 1. The molecule has 0 bridgehead atoms. The third-order valence-corrected chi connectivity index (χ3v) is 2.54. The number of nitrogen functional groups attached to an aromatic ring is 1. The highest BCUT2D eigenvalue weighted by Gasteiger charge is 2.11. The van der Waals surface area contributed by atoms with Crippen LogP contribution in [0.25, 0.3) is 0 Å². The van der Waals surface area contributed by atoms with Crippen LogP contribution in [0.4, 0.5) is 11.4 Å². The third kappa shape index (κ3) is 2.75. The number of nitro groups is 1. The standard InChI is InChI=1S/C11H8BrN3O3/c12-7-4-8(15(16)17)6-9(5-7)18-11-10(13)2-1-3-14-11/h1-6H,13H2. The van der Waals surface area contributed by atoms with Gasteiger partial charge in [0.05, 0.1) is 16.7 Å². The fourth-order valence-corrected chi connectivity index (χ4v) is 1.77. The lowest BCUT2D eigenvalue weighted by atomic mass is 10.3. The molecule has 0 atom stereocenters. The molecule has 7 heteroatoms. The summed E-state index contributed by atoms with van der Waals surface area (Å²) in [7, 11) is 0. The molecule has 2 aromatic rings. The topological polar surface area (TPSA) is 91.3 Å². The van der Waals surface area contributed by atoms with E-state index in [1.807, 2.05) is 0 Å². The maximum Gasteiger partial charge on any atom is 0.274 e. The molecule has 2 rings (SSSR count). The summed E-state index contributed by atoms with van der Waals surface area (Å²) in [4.78, 5) is 14.2. The molecule has 92 valence electrons. The van der Waals surface area contributed by atoms with E-state index < -0.39 is 4.92 Å². The monoisotopic (exact) mass is 309 g/mol. The molecular weight excluding hydrogens is 302 g/mol. The van der Waals surface area contributed by atoms with Crippen molar-refractivity contribution in [1.29, 1.82) is 0 Å². The predicted octanol–water partition coefficient (Wildman–Crippen LogP) is 3.13. The molecule has 1 aromatic heterocycles. The molecule has 0 unspecified atom stereocenters. The molecule has 0 radical (unpaired) electrons. The first kappa shape index (κ1) is 12.3. The molecule has 0 amide bonds. The zero-order valence-electron chi connectivity index (χ0n) is 9.04. The lowest BCUT2D eigenvalue weighted by molar-refractivity contribution is -0.385. The van der Waals surface area contributed by atoms with Crippen molar-refractivity contribution in [3.63, 3.8) is 0 Å². The average Bonchev–Trinajstić information content (AvgIpc) is 2.31. The Morgan fingerprint density at radius 2 is 2.17 bits per heavy atom. The highest BCUT2D eigenvalue weighted by molar-refractivity contribution is 9.10. The fourth-order valence-electron chi connectivity index (χ4n) is 1.31. The van der Waals surface area contributed by atoms with Gasteiger partial charge in [-0.25, -0.2) is 4.98 Å². The number of halogens is 1. The van der Waals surface area contributed by atoms with Gasteiger partial charge in [-0.05, 0) is 18.2 Å². The van der Waals surface area contributed by atoms with Crippen molar-refractivity contribution in [3.05, 3.63) is 51.1 Å². The number of nitro benzene ring substituents is 1. The second-order valence-electron chi connectivity index (χ2n) is 3.40. The van der Waals surface area contributed by atoms with Crippen LogP contribution in [0.1, 0.15) is 0 Å². The van der Waals surface area contributed by atoms with Gasteiger partial charge >= 0.3 is 0 Å². The predicted molar refractivity (Wildman–Crippen MR) is 69.5 cm³/mol. The van der Waals surface area contributed by atoms with Crippen LogP contribution in [0.15, 0.2) is 41.0 Å². The summed E-state index contributed by atoms with van der Waals surface area (Å²) in [6.07, 6.45) is 1.53. The van der Waals surface area contributed by atoms with Gasteiger partial charge in [0.1, 0.15) is 5.75 Å². The summed E-state index contributed by atoms with van der Waals surface area (Å²) in [6, 6.07) is 7.59. The second-order valence-corrected chi connectivity index (χ2v) is 4.32. The van der Waals surface area contributed by atoms with E-state index in [0.717, 1.165) is 0 Å². The van der Waals surface area contributed by atoms with Crippen molar-refractivity contribution < 1.29 is 9.66 Å². The zero-order valence-corrected chi connectivity index (χ0v) is 10.6.